The van der Waals surface area contributed by atoms with Gasteiger partial charge in [0.05, 0.1) is 23.4 Å². The number of anilines is 1. The van der Waals surface area contributed by atoms with Crippen LogP contribution in [0.3, 0.4) is 0 Å². The summed E-state index contributed by atoms with van der Waals surface area (Å²) in [5.74, 6) is 0.727. The first-order chi connectivity index (χ1) is 16.2. The summed E-state index contributed by atoms with van der Waals surface area (Å²) in [6.07, 6.45) is 1.93. The molecule has 4 nitrogen and oxygen atoms in total. The minimum absolute atomic E-state index is 0.0583. The Morgan fingerprint density at radius 2 is 1.35 bits per heavy atom. The molecule has 0 spiro atoms. The second kappa shape index (κ2) is 9.51. The van der Waals surface area contributed by atoms with E-state index < -0.39 is 0 Å². The highest BCUT2D eigenvalue weighted by Gasteiger charge is 2.36. The van der Waals surface area contributed by atoms with Crippen LogP contribution >= 0.6 is 11.8 Å². The Hall–Kier alpha value is -3.31. The molecule has 0 bridgehead atoms. The topological polar surface area (TPSA) is 41.9 Å². The molecule has 1 saturated heterocycles. The lowest BCUT2D eigenvalue weighted by Crippen LogP contribution is -2.30. The lowest BCUT2D eigenvalue weighted by Gasteiger charge is -2.21. The monoisotopic (exact) mass is 470 g/mol. The Bertz CT molecular complexity index is 1290. The number of carbonyl (C=O) groups excluding carboxylic acids is 1. The van der Waals surface area contributed by atoms with Crippen molar-refractivity contribution in [3.05, 3.63) is 92.4 Å². The van der Waals surface area contributed by atoms with Gasteiger partial charge in [-0.15, -0.1) is 0 Å². The maximum absolute atomic E-state index is 13.8. The van der Waals surface area contributed by atoms with E-state index in [4.69, 9.17) is 9.73 Å². The van der Waals surface area contributed by atoms with Crippen molar-refractivity contribution in [3.63, 3.8) is 0 Å². The van der Waals surface area contributed by atoms with Gasteiger partial charge in [-0.3, -0.25) is 9.69 Å². The number of methoxy groups -OCH3 is 1. The number of benzene rings is 3. The summed E-state index contributed by atoms with van der Waals surface area (Å²) >= 11 is 1.42. The second-order valence-corrected chi connectivity index (χ2v) is 9.92. The van der Waals surface area contributed by atoms with Gasteiger partial charge in [0, 0.05) is 0 Å². The Kier molecular flexibility index (Phi) is 6.67. The normalized spacial score (nSPS) is 16.1. The number of aryl methyl sites for hydroxylation is 6. The predicted molar refractivity (Wildman–Crippen MR) is 144 cm³/mol. The fourth-order valence-electron chi connectivity index (χ4n) is 4.57. The highest BCUT2D eigenvalue weighted by atomic mass is 32.2. The van der Waals surface area contributed by atoms with E-state index in [1.54, 1.807) is 12.0 Å². The second-order valence-electron chi connectivity index (χ2n) is 8.91. The zero-order valence-electron chi connectivity index (χ0n) is 20.8. The molecule has 174 valence electrons. The predicted octanol–water partition coefficient (Wildman–Crippen LogP) is 7.35. The van der Waals surface area contributed by atoms with E-state index >= 15 is 0 Å². The summed E-state index contributed by atoms with van der Waals surface area (Å²) in [5.41, 5.74) is 9.46. The van der Waals surface area contributed by atoms with Crippen LogP contribution in [0.2, 0.25) is 0 Å². The van der Waals surface area contributed by atoms with Gasteiger partial charge in [0.1, 0.15) is 5.75 Å². The van der Waals surface area contributed by atoms with Crippen LogP contribution in [0.15, 0.2) is 58.4 Å². The largest absolute Gasteiger partial charge is 0.497 e. The summed E-state index contributed by atoms with van der Waals surface area (Å²) in [5, 5.41) is 0.676. The quantitative estimate of drug-likeness (QED) is 0.374. The maximum Gasteiger partial charge on any atom is 0.271 e. The van der Waals surface area contributed by atoms with E-state index in [-0.39, 0.29) is 5.91 Å². The molecule has 1 aliphatic heterocycles. The van der Waals surface area contributed by atoms with Crippen molar-refractivity contribution in [3.8, 4) is 5.75 Å². The number of hydrogen-bond donors (Lipinski definition) is 0. The number of rotatable bonds is 4. The first-order valence-electron chi connectivity index (χ1n) is 11.3. The zero-order chi connectivity index (χ0) is 24.6. The molecule has 0 radical (unpaired) electrons. The summed E-state index contributed by atoms with van der Waals surface area (Å²) in [7, 11) is 1.64. The van der Waals surface area contributed by atoms with Crippen LogP contribution in [0.25, 0.3) is 6.08 Å². The average molecular weight is 471 g/mol. The lowest BCUT2D eigenvalue weighted by molar-refractivity contribution is -0.113. The molecule has 1 fully saturated rings. The molecule has 1 heterocycles. The number of amides is 1. The van der Waals surface area contributed by atoms with E-state index in [0.29, 0.717) is 10.1 Å². The molecule has 0 saturated carbocycles. The molecule has 34 heavy (non-hydrogen) atoms. The molecular weight excluding hydrogens is 440 g/mol. The summed E-state index contributed by atoms with van der Waals surface area (Å²) < 4.78 is 5.27. The van der Waals surface area contributed by atoms with Gasteiger partial charge in [-0.2, -0.15) is 0 Å². The third-order valence-corrected chi connectivity index (χ3v) is 6.89. The Morgan fingerprint density at radius 3 is 1.88 bits per heavy atom. The number of carbonyl (C=O) groups is 1. The zero-order valence-corrected chi connectivity index (χ0v) is 21.6. The van der Waals surface area contributed by atoms with Gasteiger partial charge in [-0.05, 0) is 99.3 Å². The summed E-state index contributed by atoms with van der Waals surface area (Å²) in [6, 6.07) is 16.2. The van der Waals surface area contributed by atoms with E-state index in [0.717, 1.165) is 44.9 Å². The Morgan fingerprint density at radius 1 is 0.824 bits per heavy atom. The first kappa shape index (κ1) is 23.8. The summed E-state index contributed by atoms with van der Waals surface area (Å²) in [6.45, 7) is 12.4. The van der Waals surface area contributed by atoms with Crippen molar-refractivity contribution in [1.29, 1.82) is 0 Å². The molecule has 0 aliphatic carbocycles. The summed E-state index contributed by atoms with van der Waals surface area (Å²) in [4.78, 5) is 21.3. The molecule has 1 amide bonds. The third kappa shape index (κ3) is 4.66. The highest BCUT2D eigenvalue weighted by Crippen LogP contribution is 2.41. The van der Waals surface area contributed by atoms with Crippen LogP contribution in [0.1, 0.15) is 38.9 Å². The fourth-order valence-corrected chi connectivity index (χ4v) is 5.54. The van der Waals surface area contributed by atoms with Gasteiger partial charge in [-0.1, -0.05) is 47.5 Å². The van der Waals surface area contributed by atoms with Crippen LogP contribution < -0.4 is 9.64 Å². The van der Waals surface area contributed by atoms with Crippen LogP contribution in [0, 0.1) is 41.5 Å². The average Bonchev–Trinajstić information content (AvgIpc) is 3.05. The van der Waals surface area contributed by atoms with Crippen LogP contribution in [0.4, 0.5) is 11.4 Å². The molecule has 0 unspecified atom stereocenters. The van der Waals surface area contributed by atoms with Gasteiger partial charge in [0.15, 0.2) is 5.17 Å². The molecule has 0 aromatic heterocycles. The van der Waals surface area contributed by atoms with E-state index in [1.807, 2.05) is 30.3 Å². The molecule has 5 heteroatoms. The minimum Gasteiger partial charge on any atom is -0.497 e. The number of amidine groups is 1. The SMILES string of the molecule is COc1ccc(/C=C2/SC(=Nc3c(C)cc(C)cc3C)N(c3c(C)cc(C)cc3C)C2=O)cc1. The molecule has 0 atom stereocenters. The van der Waals surface area contributed by atoms with Gasteiger partial charge in [0.2, 0.25) is 0 Å². The van der Waals surface area contributed by atoms with Crippen molar-refractivity contribution < 1.29 is 9.53 Å². The van der Waals surface area contributed by atoms with Crippen LogP contribution in [-0.2, 0) is 4.79 Å². The maximum atomic E-state index is 13.8. The van der Waals surface area contributed by atoms with Crippen molar-refractivity contribution in [2.75, 3.05) is 12.0 Å². The third-order valence-electron chi connectivity index (χ3n) is 5.92. The first-order valence-corrected chi connectivity index (χ1v) is 12.1. The van der Waals surface area contributed by atoms with Crippen LogP contribution in [-0.4, -0.2) is 18.2 Å². The van der Waals surface area contributed by atoms with E-state index in [2.05, 4.69) is 65.8 Å². The van der Waals surface area contributed by atoms with E-state index in [9.17, 15) is 4.79 Å². The Balaban J connectivity index is 1.87. The standard InChI is InChI=1S/C29H30N2O2S/c1-17-12-19(3)26(20(4)13-17)30-29-31(27-21(5)14-18(2)15-22(27)6)28(32)25(34-29)16-23-8-10-24(33-7)11-9-23/h8-16H,1-7H3/b25-16+,30-29?. The number of ether oxygens (including phenoxy) is 1. The lowest BCUT2D eigenvalue weighted by atomic mass is 10.0. The minimum atomic E-state index is -0.0583. The van der Waals surface area contributed by atoms with Crippen molar-refractivity contribution in [1.82, 2.24) is 0 Å². The molecule has 3 aromatic rings. The molecule has 1 aliphatic rings. The van der Waals surface area contributed by atoms with Gasteiger partial charge in [-0.25, -0.2) is 4.99 Å². The fraction of sp³-hybridized carbons (Fsp3) is 0.241. The van der Waals surface area contributed by atoms with Gasteiger partial charge in [0.25, 0.3) is 5.91 Å². The van der Waals surface area contributed by atoms with Crippen LogP contribution in [0.5, 0.6) is 5.75 Å². The van der Waals surface area contributed by atoms with Gasteiger partial charge >= 0.3 is 0 Å². The molecular formula is C29H30N2O2S. The molecule has 3 aromatic carbocycles. The Labute approximate surface area is 206 Å². The smallest absolute Gasteiger partial charge is 0.271 e. The van der Waals surface area contributed by atoms with Crippen molar-refractivity contribution >= 4 is 40.3 Å². The molecule has 4 rings (SSSR count). The van der Waals surface area contributed by atoms with Crippen molar-refractivity contribution in [2.45, 2.75) is 41.5 Å². The van der Waals surface area contributed by atoms with Crippen molar-refractivity contribution in [2.24, 2.45) is 4.99 Å². The van der Waals surface area contributed by atoms with Gasteiger partial charge < -0.3 is 4.74 Å². The highest BCUT2D eigenvalue weighted by molar-refractivity contribution is 8.19. The number of hydrogen-bond acceptors (Lipinski definition) is 4. The number of thioether (sulfide) groups is 1. The molecule has 0 N–H and O–H groups in total. The number of nitrogens with zero attached hydrogens (tertiary/aromatic N) is 2. The van der Waals surface area contributed by atoms with E-state index in [1.165, 1.54) is 22.9 Å². The number of aliphatic imine (C=N–C) groups is 1.